The molecule has 1 aromatic rings. The quantitative estimate of drug-likeness (QED) is 0.475. The normalized spacial score (nSPS) is 9.56. The fraction of sp³-hybridized carbons (Fsp3) is 0.300. The number of rotatable bonds is 4. The summed E-state index contributed by atoms with van der Waals surface area (Å²) in [7, 11) is 0. The molecule has 6 heteroatoms. The molecule has 1 heterocycles. The molecule has 0 unspecified atom stereocenters. The summed E-state index contributed by atoms with van der Waals surface area (Å²) >= 11 is 3.15. The molecule has 0 atom stereocenters. The van der Waals surface area contributed by atoms with E-state index < -0.39 is 5.97 Å². The van der Waals surface area contributed by atoms with Crippen LogP contribution in [0.25, 0.3) is 0 Å². The zero-order valence-corrected chi connectivity index (χ0v) is 10.2. The number of halogens is 1. The first-order valence-electron chi connectivity index (χ1n) is 4.47. The van der Waals surface area contributed by atoms with Crippen LogP contribution in [0.2, 0.25) is 0 Å². The average molecular weight is 285 g/mol. The molecule has 5 nitrogen and oxygen atoms in total. The van der Waals surface area contributed by atoms with Crippen LogP contribution in [0.4, 0.5) is 0 Å². The lowest BCUT2D eigenvalue weighted by molar-refractivity contribution is 0.0541. The van der Waals surface area contributed by atoms with E-state index in [4.69, 9.17) is 11.2 Å². The molecule has 0 amide bonds. The topological polar surface area (TPSA) is 61.2 Å². The molecule has 1 rings (SSSR count). The van der Waals surface area contributed by atoms with Crippen molar-refractivity contribution >= 4 is 28.2 Å². The van der Waals surface area contributed by atoms with Gasteiger partial charge in [0.15, 0.2) is 23.3 Å². The Balaban J connectivity index is 3.14. The third kappa shape index (κ3) is 2.31. The smallest absolute Gasteiger partial charge is 0.358 e. The van der Waals surface area contributed by atoms with Crippen molar-refractivity contribution < 1.29 is 14.3 Å². The highest BCUT2D eigenvalue weighted by molar-refractivity contribution is 9.10. The summed E-state index contributed by atoms with van der Waals surface area (Å²) in [6.45, 7) is 2.17. The van der Waals surface area contributed by atoms with Crippen molar-refractivity contribution in [2.75, 3.05) is 6.61 Å². The van der Waals surface area contributed by atoms with Crippen LogP contribution >= 0.6 is 15.9 Å². The van der Waals surface area contributed by atoms with Gasteiger partial charge < -0.3 is 9.30 Å². The maximum absolute atomic E-state index is 11.6. The second kappa shape index (κ2) is 5.47. The van der Waals surface area contributed by atoms with Gasteiger partial charge in [-0.25, -0.2) is 9.78 Å². The first kappa shape index (κ1) is 12.5. The summed E-state index contributed by atoms with van der Waals surface area (Å²) in [6, 6.07) is 0. The maximum Gasteiger partial charge on any atom is 0.358 e. The summed E-state index contributed by atoms with van der Waals surface area (Å²) in [6.07, 6.45) is 5.48. The monoisotopic (exact) mass is 284 g/mol. The lowest BCUT2D eigenvalue weighted by Gasteiger charge is -2.05. The molecule has 0 saturated heterocycles. The van der Waals surface area contributed by atoms with Crippen molar-refractivity contribution in [1.29, 1.82) is 0 Å². The fourth-order valence-corrected chi connectivity index (χ4v) is 1.82. The van der Waals surface area contributed by atoms with Crippen LogP contribution in [0, 0.1) is 12.3 Å². The number of nitrogens with zero attached hydrogens (tertiary/aromatic N) is 2. The van der Waals surface area contributed by atoms with Gasteiger partial charge in [-0.05, 0) is 22.9 Å². The summed E-state index contributed by atoms with van der Waals surface area (Å²) in [5.74, 6) is 1.52. The largest absolute Gasteiger partial charge is 0.448 e. The van der Waals surface area contributed by atoms with Crippen LogP contribution in [0.3, 0.4) is 0 Å². The van der Waals surface area contributed by atoms with Gasteiger partial charge in [0, 0.05) is 6.54 Å². The van der Waals surface area contributed by atoms with E-state index in [1.54, 1.807) is 0 Å². The number of carbonyl (C=O) groups is 2. The molecular weight excluding hydrogens is 276 g/mol. The number of carbonyl (C=O) groups excluding carboxylic acids is 2. The first-order chi connectivity index (χ1) is 7.65. The zero-order valence-electron chi connectivity index (χ0n) is 8.57. The van der Waals surface area contributed by atoms with Crippen molar-refractivity contribution in [1.82, 2.24) is 9.55 Å². The van der Waals surface area contributed by atoms with E-state index in [0.717, 1.165) is 0 Å². The van der Waals surface area contributed by atoms with Crippen LogP contribution in [-0.4, -0.2) is 28.4 Å². The second-order valence-electron chi connectivity index (χ2n) is 2.76. The maximum atomic E-state index is 11.6. The number of terminal acetylenes is 1. The third-order valence-corrected chi connectivity index (χ3v) is 2.46. The van der Waals surface area contributed by atoms with Crippen LogP contribution in [0.1, 0.15) is 27.9 Å². The Kier molecular flexibility index (Phi) is 4.26. The van der Waals surface area contributed by atoms with Gasteiger partial charge in [0.25, 0.3) is 0 Å². The molecule has 0 aliphatic carbocycles. The Hall–Kier alpha value is -1.61. The van der Waals surface area contributed by atoms with Crippen molar-refractivity contribution in [3.05, 3.63) is 16.1 Å². The van der Waals surface area contributed by atoms with Crippen molar-refractivity contribution in [3.63, 3.8) is 0 Å². The van der Waals surface area contributed by atoms with E-state index in [0.29, 0.717) is 17.6 Å². The predicted octanol–water partition coefficient (Wildman–Crippen LogP) is 1.27. The molecule has 0 bridgehead atoms. The minimum absolute atomic E-state index is 0.0377. The Labute approximate surface area is 101 Å². The highest BCUT2D eigenvalue weighted by Gasteiger charge is 2.21. The molecule has 1 aromatic heterocycles. The number of esters is 1. The van der Waals surface area contributed by atoms with Crippen molar-refractivity contribution in [2.24, 2.45) is 0 Å². The number of ether oxygens (including phenoxy) is 1. The van der Waals surface area contributed by atoms with Crippen LogP contribution < -0.4 is 0 Å². The van der Waals surface area contributed by atoms with Gasteiger partial charge in [0.1, 0.15) is 5.69 Å². The minimum Gasteiger partial charge on any atom is -0.448 e. The zero-order chi connectivity index (χ0) is 12.1. The van der Waals surface area contributed by atoms with E-state index >= 15 is 0 Å². The first-order valence-corrected chi connectivity index (χ1v) is 5.26. The molecule has 0 saturated carbocycles. The molecule has 0 radical (unpaired) electrons. The highest BCUT2D eigenvalue weighted by Crippen LogP contribution is 2.16. The summed E-state index contributed by atoms with van der Waals surface area (Å²) in [4.78, 5) is 26.2. The number of imidazole rings is 1. The molecule has 16 heavy (non-hydrogen) atoms. The van der Waals surface area contributed by atoms with Gasteiger partial charge in [-0.15, -0.1) is 6.42 Å². The Morgan fingerprint density at radius 3 is 2.94 bits per heavy atom. The standard InChI is InChI=1S/C10H9BrN2O3/c1-3-5-16-9(15)8-7(6-14)12-10(11)13(8)4-2/h1,6H,4-5H2,2H3. The molecule has 0 spiro atoms. The molecule has 0 aliphatic rings. The van der Waals surface area contributed by atoms with Crippen LogP contribution in [-0.2, 0) is 11.3 Å². The molecule has 0 fully saturated rings. The van der Waals surface area contributed by atoms with Crippen LogP contribution in [0.15, 0.2) is 4.73 Å². The van der Waals surface area contributed by atoms with Crippen molar-refractivity contribution in [3.8, 4) is 12.3 Å². The number of hydrogen-bond acceptors (Lipinski definition) is 4. The van der Waals surface area contributed by atoms with Gasteiger partial charge in [0.05, 0.1) is 0 Å². The second-order valence-corrected chi connectivity index (χ2v) is 3.47. The number of hydrogen-bond donors (Lipinski definition) is 0. The summed E-state index contributed by atoms with van der Waals surface area (Å²) < 4.78 is 6.70. The number of aldehydes is 1. The van der Waals surface area contributed by atoms with Gasteiger partial charge in [-0.1, -0.05) is 5.92 Å². The fourth-order valence-electron chi connectivity index (χ4n) is 1.20. The lowest BCUT2D eigenvalue weighted by Crippen LogP contribution is -2.14. The highest BCUT2D eigenvalue weighted by atomic mass is 79.9. The summed E-state index contributed by atoms with van der Waals surface area (Å²) in [5.41, 5.74) is 0.148. The van der Waals surface area contributed by atoms with Crippen LogP contribution in [0.5, 0.6) is 0 Å². The molecule has 0 N–H and O–H groups in total. The third-order valence-electron chi connectivity index (χ3n) is 1.86. The summed E-state index contributed by atoms with van der Waals surface area (Å²) in [5, 5.41) is 0. The van der Waals surface area contributed by atoms with E-state index in [1.807, 2.05) is 6.92 Å². The molecule has 0 aliphatic heterocycles. The molecular formula is C10H9BrN2O3. The Bertz CT molecular complexity index is 459. The van der Waals surface area contributed by atoms with Gasteiger partial charge in [-0.2, -0.15) is 0 Å². The van der Waals surface area contributed by atoms with Gasteiger partial charge in [-0.3, -0.25) is 4.79 Å². The van der Waals surface area contributed by atoms with E-state index in [9.17, 15) is 9.59 Å². The Morgan fingerprint density at radius 2 is 2.44 bits per heavy atom. The predicted molar refractivity (Wildman–Crippen MR) is 60.1 cm³/mol. The molecule has 84 valence electrons. The van der Waals surface area contributed by atoms with Gasteiger partial charge >= 0.3 is 5.97 Å². The Morgan fingerprint density at radius 1 is 1.75 bits per heavy atom. The van der Waals surface area contributed by atoms with E-state index in [2.05, 4.69) is 26.8 Å². The van der Waals surface area contributed by atoms with E-state index in [-0.39, 0.29) is 18.0 Å². The van der Waals surface area contributed by atoms with Crippen molar-refractivity contribution in [2.45, 2.75) is 13.5 Å². The SMILES string of the molecule is C#CCOC(=O)c1c(C=O)nc(Br)n1CC. The van der Waals surface area contributed by atoms with E-state index in [1.165, 1.54) is 4.57 Å². The number of aromatic nitrogens is 2. The van der Waals surface area contributed by atoms with Gasteiger partial charge in [0.2, 0.25) is 0 Å². The lowest BCUT2D eigenvalue weighted by atomic mass is 10.3. The molecule has 0 aromatic carbocycles. The average Bonchev–Trinajstić information content (AvgIpc) is 2.62. The minimum atomic E-state index is -0.653.